The van der Waals surface area contributed by atoms with Crippen molar-refractivity contribution in [2.24, 2.45) is 5.92 Å². The molecule has 6 heteroatoms. The highest BCUT2D eigenvalue weighted by atomic mass is 32.1. The molecule has 1 fully saturated rings. The maximum atomic E-state index is 12.3. The number of nitrogens with zero attached hydrogens (tertiary/aromatic N) is 2. The van der Waals surface area contributed by atoms with Crippen molar-refractivity contribution in [3.05, 3.63) is 16.8 Å². The van der Waals surface area contributed by atoms with Gasteiger partial charge in [0.15, 0.2) is 0 Å². The molecule has 2 N–H and O–H groups in total. The van der Waals surface area contributed by atoms with Crippen molar-refractivity contribution in [2.45, 2.75) is 58.9 Å². The summed E-state index contributed by atoms with van der Waals surface area (Å²) >= 11 is 1.70. The van der Waals surface area contributed by atoms with Crippen LogP contribution in [0.25, 0.3) is 10.2 Å². The second kappa shape index (κ2) is 7.47. The molecule has 130 valence electrons. The van der Waals surface area contributed by atoms with Gasteiger partial charge in [0.05, 0.1) is 11.9 Å². The van der Waals surface area contributed by atoms with Gasteiger partial charge in [-0.3, -0.25) is 4.79 Å². The zero-order valence-electron chi connectivity index (χ0n) is 14.7. The lowest BCUT2D eigenvalue weighted by Crippen LogP contribution is -2.43. The molecule has 0 radical (unpaired) electrons. The van der Waals surface area contributed by atoms with Gasteiger partial charge >= 0.3 is 0 Å². The van der Waals surface area contributed by atoms with Crippen molar-refractivity contribution in [1.82, 2.24) is 15.3 Å². The number of carbonyl (C=O) groups excluding carboxylic acids is 1. The minimum Gasteiger partial charge on any atom is -0.360 e. The fourth-order valence-corrected chi connectivity index (χ4v) is 4.35. The fourth-order valence-electron chi connectivity index (χ4n) is 3.34. The first-order valence-corrected chi connectivity index (χ1v) is 9.68. The Balaban J connectivity index is 1.66. The van der Waals surface area contributed by atoms with Crippen LogP contribution in [0.2, 0.25) is 0 Å². The number of carbonyl (C=O) groups is 1. The molecule has 1 amide bonds. The highest BCUT2D eigenvalue weighted by Crippen LogP contribution is 2.29. The first kappa shape index (κ1) is 17.1. The lowest BCUT2D eigenvalue weighted by Gasteiger charge is -2.29. The first-order valence-electron chi connectivity index (χ1n) is 8.87. The van der Waals surface area contributed by atoms with Gasteiger partial charge in [0.2, 0.25) is 5.91 Å². The van der Waals surface area contributed by atoms with Crippen LogP contribution >= 0.6 is 11.3 Å². The lowest BCUT2D eigenvalue weighted by atomic mass is 9.86. The summed E-state index contributed by atoms with van der Waals surface area (Å²) in [5.41, 5.74) is 0. The molecule has 2 unspecified atom stereocenters. The van der Waals surface area contributed by atoms with Gasteiger partial charge in [-0.05, 0) is 38.2 Å². The summed E-state index contributed by atoms with van der Waals surface area (Å²) < 4.78 is 0. The van der Waals surface area contributed by atoms with E-state index in [9.17, 15) is 4.79 Å². The summed E-state index contributed by atoms with van der Waals surface area (Å²) in [4.78, 5) is 23.6. The third-order valence-electron chi connectivity index (χ3n) is 4.78. The predicted octanol–water partition coefficient (Wildman–Crippen LogP) is 3.67. The maximum Gasteiger partial charge on any atom is 0.239 e. The van der Waals surface area contributed by atoms with E-state index >= 15 is 0 Å². The number of amides is 1. The van der Waals surface area contributed by atoms with Gasteiger partial charge in [0.1, 0.15) is 16.5 Å². The zero-order valence-corrected chi connectivity index (χ0v) is 15.5. The van der Waals surface area contributed by atoms with E-state index in [1.807, 2.05) is 6.92 Å². The number of nitrogens with one attached hydrogen (secondary N) is 2. The summed E-state index contributed by atoms with van der Waals surface area (Å²) in [7, 11) is 0. The van der Waals surface area contributed by atoms with E-state index in [-0.39, 0.29) is 12.5 Å². The molecule has 24 heavy (non-hydrogen) atoms. The third kappa shape index (κ3) is 3.86. The molecule has 2 heterocycles. The third-order valence-corrected chi connectivity index (χ3v) is 5.95. The Labute approximate surface area is 147 Å². The van der Waals surface area contributed by atoms with E-state index in [4.69, 9.17) is 0 Å². The number of aromatic nitrogens is 2. The van der Waals surface area contributed by atoms with Crippen molar-refractivity contribution in [3.63, 3.8) is 0 Å². The molecule has 5 nitrogen and oxygen atoms in total. The van der Waals surface area contributed by atoms with Crippen molar-refractivity contribution in [3.8, 4) is 0 Å². The number of anilines is 1. The average molecular weight is 347 g/mol. The summed E-state index contributed by atoms with van der Waals surface area (Å²) in [6, 6.07) is 2.44. The Hall–Kier alpha value is -1.69. The number of aryl methyl sites for hydroxylation is 2. The highest BCUT2D eigenvalue weighted by molar-refractivity contribution is 7.18. The Bertz CT molecular complexity index is 727. The van der Waals surface area contributed by atoms with Gasteiger partial charge in [-0.25, -0.2) is 9.97 Å². The molecule has 1 aliphatic carbocycles. The predicted molar refractivity (Wildman–Crippen MR) is 99.6 cm³/mol. The van der Waals surface area contributed by atoms with E-state index in [1.54, 1.807) is 11.3 Å². The minimum atomic E-state index is 0.0455. The summed E-state index contributed by atoms with van der Waals surface area (Å²) in [6.45, 7) is 6.51. The Morgan fingerprint density at radius 1 is 1.33 bits per heavy atom. The van der Waals surface area contributed by atoms with E-state index in [1.165, 1.54) is 24.1 Å². The number of thiophene rings is 1. The SMILES string of the molecule is CCc1cc2c(NCC(=O)NC3CCCCC3C)nc(C)nc2s1. The molecule has 3 rings (SSSR count). The molecule has 0 aromatic carbocycles. The van der Waals surface area contributed by atoms with E-state index < -0.39 is 0 Å². The minimum absolute atomic E-state index is 0.0455. The summed E-state index contributed by atoms with van der Waals surface area (Å²) in [5.74, 6) is 2.11. The normalized spacial score (nSPS) is 21.0. The molecule has 2 aromatic rings. The molecular weight excluding hydrogens is 320 g/mol. The van der Waals surface area contributed by atoms with Gasteiger partial charge in [-0.15, -0.1) is 11.3 Å². The van der Waals surface area contributed by atoms with Crippen LogP contribution < -0.4 is 10.6 Å². The standard InChI is InChI=1S/C18H26N4OS/c1-4-13-9-14-17(20-12(3)21-18(14)24-13)19-10-16(23)22-15-8-6-5-7-11(15)2/h9,11,15H,4-8,10H2,1-3H3,(H,22,23)(H,19,20,21). The largest absolute Gasteiger partial charge is 0.360 e. The average Bonchev–Trinajstić information content (AvgIpc) is 2.98. The molecule has 0 saturated heterocycles. The van der Waals surface area contributed by atoms with Gasteiger partial charge in [0, 0.05) is 10.9 Å². The van der Waals surface area contributed by atoms with Gasteiger partial charge in [0.25, 0.3) is 0 Å². The second-order valence-corrected chi connectivity index (χ2v) is 7.81. The van der Waals surface area contributed by atoms with Crippen LogP contribution in [0.5, 0.6) is 0 Å². The topological polar surface area (TPSA) is 66.9 Å². The first-order chi connectivity index (χ1) is 11.6. The molecule has 0 spiro atoms. The van der Waals surface area contributed by atoms with Crippen molar-refractivity contribution in [1.29, 1.82) is 0 Å². The monoisotopic (exact) mass is 346 g/mol. The quantitative estimate of drug-likeness (QED) is 0.867. The van der Waals surface area contributed by atoms with Crippen molar-refractivity contribution >= 4 is 33.3 Å². The van der Waals surface area contributed by atoms with Crippen molar-refractivity contribution in [2.75, 3.05) is 11.9 Å². The number of hydrogen-bond acceptors (Lipinski definition) is 5. The lowest BCUT2D eigenvalue weighted by molar-refractivity contribution is -0.120. The van der Waals surface area contributed by atoms with Crippen LogP contribution in [0.15, 0.2) is 6.07 Å². The molecule has 0 bridgehead atoms. The number of fused-ring (bicyclic) bond motifs is 1. The fraction of sp³-hybridized carbons (Fsp3) is 0.611. The van der Waals surface area contributed by atoms with E-state index in [0.717, 1.165) is 34.7 Å². The zero-order chi connectivity index (χ0) is 17.1. The van der Waals surface area contributed by atoms with E-state index in [0.29, 0.717) is 12.0 Å². The number of hydrogen-bond donors (Lipinski definition) is 2. The highest BCUT2D eigenvalue weighted by Gasteiger charge is 2.22. The van der Waals surface area contributed by atoms with Gasteiger partial charge in [-0.2, -0.15) is 0 Å². The molecule has 1 aliphatic rings. The summed E-state index contributed by atoms with van der Waals surface area (Å²) in [6.07, 6.45) is 5.78. The molecule has 2 atom stereocenters. The van der Waals surface area contributed by atoms with Crippen LogP contribution in [0.1, 0.15) is 50.2 Å². The Kier molecular flexibility index (Phi) is 5.33. The molecule has 1 saturated carbocycles. The van der Waals surface area contributed by atoms with Crippen LogP contribution in [-0.4, -0.2) is 28.5 Å². The van der Waals surface area contributed by atoms with Crippen molar-refractivity contribution < 1.29 is 4.79 Å². The van der Waals surface area contributed by atoms with Crippen LogP contribution in [0.4, 0.5) is 5.82 Å². The van der Waals surface area contributed by atoms with E-state index in [2.05, 4.69) is 40.5 Å². The maximum absolute atomic E-state index is 12.3. The van der Waals surface area contributed by atoms with Crippen LogP contribution in [0.3, 0.4) is 0 Å². The van der Waals surface area contributed by atoms with Crippen LogP contribution in [-0.2, 0) is 11.2 Å². The second-order valence-electron chi connectivity index (χ2n) is 6.69. The molecule has 2 aromatic heterocycles. The molecular formula is C18H26N4OS. The Morgan fingerprint density at radius 2 is 2.12 bits per heavy atom. The van der Waals surface area contributed by atoms with Crippen LogP contribution in [0, 0.1) is 12.8 Å². The molecule has 0 aliphatic heterocycles. The number of rotatable bonds is 5. The van der Waals surface area contributed by atoms with Gasteiger partial charge < -0.3 is 10.6 Å². The Morgan fingerprint density at radius 3 is 2.88 bits per heavy atom. The smallest absolute Gasteiger partial charge is 0.239 e. The summed E-state index contributed by atoms with van der Waals surface area (Å²) in [5, 5.41) is 7.40. The van der Waals surface area contributed by atoms with Gasteiger partial charge in [-0.1, -0.05) is 26.7 Å².